The van der Waals surface area contributed by atoms with E-state index in [4.69, 9.17) is 15.2 Å². The van der Waals surface area contributed by atoms with Crippen LogP contribution < -0.4 is 21.1 Å². The van der Waals surface area contributed by atoms with Gasteiger partial charge >= 0.3 is 12.1 Å². The van der Waals surface area contributed by atoms with Gasteiger partial charge in [0.05, 0.1) is 33.9 Å². The molecule has 3 aromatic heterocycles. The number of carbonyl (C=O) groups excluding carboxylic acids is 2. The number of halogens is 1. The van der Waals surface area contributed by atoms with Gasteiger partial charge in [0.1, 0.15) is 5.75 Å². The number of rotatable bonds is 11. The van der Waals surface area contributed by atoms with Crippen molar-refractivity contribution in [2.75, 3.05) is 30.9 Å². The van der Waals surface area contributed by atoms with Gasteiger partial charge in [-0.25, -0.2) is 14.0 Å². The Bertz CT molecular complexity index is 1870. The van der Waals surface area contributed by atoms with Crippen LogP contribution >= 0.6 is 11.3 Å². The molecule has 0 fully saturated rings. The smallest absolute Gasteiger partial charge is 0.407 e. The predicted octanol–water partition coefficient (Wildman–Crippen LogP) is 6.16. The number of fused-ring (bicyclic) bond motifs is 1. The first kappa shape index (κ1) is 30.8. The highest BCUT2D eigenvalue weighted by atomic mass is 32.1. The van der Waals surface area contributed by atoms with Gasteiger partial charge in [0.15, 0.2) is 11.6 Å². The van der Waals surface area contributed by atoms with Crippen LogP contribution in [-0.2, 0) is 11.3 Å². The number of primary amides is 1. The molecule has 3 heterocycles. The third kappa shape index (κ3) is 7.68. The zero-order chi connectivity index (χ0) is 31.9. The van der Waals surface area contributed by atoms with Gasteiger partial charge in [-0.3, -0.25) is 14.8 Å². The number of ether oxygens (including phenoxy) is 2. The van der Waals surface area contributed by atoms with Gasteiger partial charge in [-0.2, -0.15) is 0 Å². The highest BCUT2D eigenvalue weighted by molar-refractivity contribution is 7.22. The van der Waals surface area contributed by atoms with E-state index in [1.807, 2.05) is 12.1 Å². The number of anilines is 2. The topological polar surface area (TPSA) is 169 Å². The average molecular weight is 631 g/mol. The third-order valence-electron chi connectivity index (χ3n) is 6.48. The molecule has 45 heavy (non-hydrogen) atoms. The van der Waals surface area contributed by atoms with E-state index in [0.29, 0.717) is 27.3 Å². The van der Waals surface area contributed by atoms with Crippen LogP contribution in [0.4, 0.5) is 25.4 Å². The molecule has 0 bridgehead atoms. The quantitative estimate of drug-likeness (QED) is 0.135. The molecule has 0 radical (unpaired) electrons. The number of thiophene rings is 1. The van der Waals surface area contributed by atoms with Crippen LogP contribution in [0.25, 0.3) is 20.8 Å². The Hall–Kier alpha value is -5.60. The molecule has 14 heteroatoms. The number of carboxylic acid groups (broad SMARTS) is 1. The van der Waals surface area contributed by atoms with Crippen molar-refractivity contribution < 1.29 is 33.4 Å². The molecule has 0 aliphatic heterocycles. The van der Waals surface area contributed by atoms with Gasteiger partial charge in [0.25, 0.3) is 0 Å². The Balaban J connectivity index is 1.27. The van der Waals surface area contributed by atoms with Crippen molar-refractivity contribution in [3.8, 4) is 22.1 Å². The van der Waals surface area contributed by atoms with Crippen molar-refractivity contribution in [3.63, 3.8) is 0 Å². The van der Waals surface area contributed by atoms with E-state index < -0.39 is 23.8 Å². The van der Waals surface area contributed by atoms with E-state index in [1.54, 1.807) is 36.7 Å². The fraction of sp³-hybridized carbons (Fsp3) is 0.129. The fourth-order valence-electron chi connectivity index (χ4n) is 4.27. The molecule has 0 saturated carbocycles. The van der Waals surface area contributed by atoms with E-state index in [2.05, 4.69) is 20.6 Å². The molecule has 230 valence electrons. The maximum atomic E-state index is 15.1. The molecule has 5 N–H and O–H groups in total. The second kappa shape index (κ2) is 13.8. The average Bonchev–Trinajstić information content (AvgIpc) is 3.46. The first-order valence-electron chi connectivity index (χ1n) is 13.5. The summed E-state index contributed by atoms with van der Waals surface area (Å²) in [7, 11) is 1.51. The van der Waals surface area contributed by atoms with E-state index >= 15 is 4.39 Å². The number of nitrogens with two attached hydrogens (primary N) is 1. The van der Waals surface area contributed by atoms with E-state index in [9.17, 15) is 19.5 Å². The number of nitrogens with one attached hydrogen (secondary N) is 2. The third-order valence-corrected chi connectivity index (χ3v) is 7.64. The Morgan fingerprint density at radius 3 is 2.49 bits per heavy atom. The van der Waals surface area contributed by atoms with Gasteiger partial charge in [-0.1, -0.05) is 12.1 Å². The lowest BCUT2D eigenvalue weighted by molar-refractivity contribution is 0.1000. The minimum Gasteiger partial charge on any atom is -0.465 e. The van der Waals surface area contributed by atoms with Gasteiger partial charge in [0.2, 0.25) is 5.91 Å². The first-order valence-corrected chi connectivity index (χ1v) is 14.3. The Labute approximate surface area is 260 Å². The van der Waals surface area contributed by atoms with Crippen LogP contribution in [0.1, 0.15) is 15.9 Å². The van der Waals surface area contributed by atoms with Crippen molar-refractivity contribution in [3.05, 3.63) is 96.1 Å². The van der Waals surface area contributed by atoms with Gasteiger partial charge in [0, 0.05) is 55.1 Å². The molecule has 0 unspecified atom stereocenters. The second-order valence-corrected chi connectivity index (χ2v) is 10.7. The number of pyridine rings is 2. The van der Waals surface area contributed by atoms with E-state index in [-0.39, 0.29) is 36.7 Å². The molecule has 5 rings (SSSR count). The summed E-state index contributed by atoms with van der Waals surface area (Å²) in [6.45, 7) is 0.699. The van der Waals surface area contributed by atoms with Crippen molar-refractivity contribution in [2.45, 2.75) is 6.54 Å². The zero-order valence-electron chi connectivity index (χ0n) is 23.8. The normalized spacial score (nSPS) is 10.8. The number of amides is 4. The van der Waals surface area contributed by atoms with Crippen LogP contribution in [0.3, 0.4) is 0 Å². The summed E-state index contributed by atoms with van der Waals surface area (Å²) in [4.78, 5) is 46.2. The molecule has 0 saturated heterocycles. The van der Waals surface area contributed by atoms with Crippen LogP contribution in [0.2, 0.25) is 0 Å². The van der Waals surface area contributed by atoms with E-state index in [1.165, 1.54) is 47.6 Å². The lowest BCUT2D eigenvalue weighted by atomic mass is 10.2. The molecule has 4 amide bonds. The maximum Gasteiger partial charge on any atom is 0.407 e. The molecule has 0 atom stereocenters. The van der Waals surface area contributed by atoms with Crippen LogP contribution in [0.5, 0.6) is 11.5 Å². The number of urea groups is 1. The van der Waals surface area contributed by atoms with Crippen LogP contribution in [0.15, 0.2) is 79.1 Å². The summed E-state index contributed by atoms with van der Waals surface area (Å²) in [6.07, 6.45) is 2.13. The molecule has 0 aliphatic rings. The Morgan fingerprint density at radius 2 is 1.80 bits per heavy atom. The lowest BCUT2D eigenvalue weighted by Gasteiger charge is -2.18. The van der Waals surface area contributed by atoms with Crippen molar-refractivity contribution in [2.24, 2.45) is 5.73 Å². The van der Waals surface area contributed by atoms with Gasteiger partial charge in [-0.15, -0.1) is 11.3 Å². The minimum atomic E-state index is -1.04. The summed E-state index contributed by atoms with van der Waals surface area (Å²) < 4.78 is 26.6. The van der Waals surface area contributed by atoms with Gasteiger partial charge in [-0.05, 0) is 48.0 Å². The summed E-state index contributed by atoms with van der Waals surface area (Å²) in [5, 5.41) is 14.5. The Morgan fingerprint density at radius 1 is 1.00 bits per heavy atom. The standard InChI is InChI=1S/C31H27FN6O6S/c1-43-12-11-38(31(41)42)17-18-5-7-23(35-16-18)27-15-24-28(45-27)26(9-10-34-24)44-25-8-6-21(14-22(25)32)37-30(40)36-20-4-2-3-19(13-20)29(33)39/h2-10,13-16H,11-12,17H2,1H3,(H2,33,39)(H,41,42)(H2,36,37,40). The van der Waals surface area contributed by atoms with E-state index in [0.717, 1.165) is 16.5 Å². The number of hydrogen-bond acceptors (Lipinski definition) is 8. The summed E-state index contributed by atoms with van der Waals surface area (Å²) in [5.41, 5.74) is 8.05. The highest BCUT2D eigenvalue weighted by Crippen LogP contribution is 2.39. The number of methoxy groups -OCH3 is 1. The molecule has 5 aromatic rings. The van der Waals surface area contributed by atoms with Gasteiger partial charge < -0.3 is 35.8 Å². The number of nitrogens with zero attached hydrogens (tertiary/aromatic N) is 3. The second-order valence-electron chi connectivity index (χ2n) is 9.65. The van der Waals surface area contributed by atoms with Crippen molar-refractivity contribution >= 4 is 51.0 Å². The van der Waals surface area contributed by atoms with Crippen LogP contribution in [-0.4, -0.2) is 58.3 Å². The molecule has 12 nitrogen and oxygen atoms in total. The highest BCUT2D eigenvalue weighted by Gasteiger charge is 2.16. The van der Waals surface area contributed by atoms with Crippen molar-refractivity contribution in [1.82, 2.24) is 14.9 Å². The maximum absolute atomic E-state index is 15.1. The molecule has 2 aromatic carbocycles. The van der Waals surface area contributed by atoms with Crippen molar-refractivity contribution in [1.29, 1.82) is 0 Å². The summed E-state index contributed by atoms with van der Waals surface area (Å²) in [5.74, 6) is -1.01. The number of hydrogen-bond donors (Lipinski definition) is 4. The first-order chi connectivity index (χ1) is 21.7. The molecular weight excluding hydrogens is 603 g/mol. The fourth-order valence-corrected chi connectivity index (χ4v) is 5.32. The summed E-state index contributed by atoms with van der Waals surface area (Å²) in [6, 6.07) is 16.5. The molecule has 0 aliphatic carbocycles. The number of benzene rings is 2. The minimum absolute atomic E-state index is 0.0588. The summed E-state index contributed by atoms with van der Waals surface area (Å²) >= 11 is 1.37. The predicted molar refractivity (Wildman–Crippen MR) is 167 cm³/mol. The SMILES string of the molecule is COCCN(Cc1ccc(-c2cc3nccc(Oc4ccc(NC(=O)Nc5cccc(C(N)=O)c5)cc4F)c3s2)nc1)C(=O)O. The number of carbonyl (C=O) groups is 3. The van der Waals surface area contributed by atoms with Crippen LogP contribution in [0, 0.1) is 5.82 Å². The number of aromatic nitrogens is 2. The Kier molecular flexibility index (Phi) is 9.46. The monoisotopic (exact) mass is 630 g/mol. The molecule has 0 spiro atoms. The lowest BCUT2D eigenvalue weighted by Crippen LogP contribution is -2.32. The largest absolute Gasteiger partial charge is 0.465 e. The molecular formula is C31H27FN6O6S. The zero-order valence-corrected chi connectivity index (χ0v) is 24.6.